The van der Waals surface area contributed by atoms with Gasteiger partial charge in [-0.25, -0.2) is 4.79 Å². The van der Waals surface area contributed by atoms with Crippen molar-refractivity contribution >= 4 is 17.7 Å². The number of carboxylic acids is 1. The van der Waals surface area contributed by atoms with Gasteiger partial charge in [-0.1, -0.05) is 0 Å². The molecule has 0 aromatic carbocycles. The van der Waals surface area contributed by atoms with Gasteiger partial charge in [-0.3, -0.25) is 9.78 Å². The largest absolute Gasteiger partial charge is 0.481 e. The number of aliphatic carboxylic acids is 1. The molecule has 0 bridgehead atoms. The zero-order valence-corrected chi connectivity index (χ0v) is 10.5. The third kappa shape index (κ3) is 4.13. The molecular formula is C13H13N3O4. The highest BCUT2D eigenvalue weighted by atomic mass is 16.4. The van der Waals surface area contributed by atoms with E-state index < -0.39 is 12.0 Å². The van der Waals surface area contributed by atoms with Crippen LogP contribution < -0.4 is 10.6 Å². The number of furan rings is 1. The minimum atomic E-state index is -0.950. The van der Waals surface area contributed by atoms with Crippen molar-refractivity contribution in [2.45, 2.75) is 13.0 Å². The van der Waals surface area contributed by atoms with E-state index in [0.717, 1.165) is 0 Å². The molecule has 3 N–H and O–H groups in total. The number of carboxylic acid groups (broad SMARTS) is 1. The van der Waals surface area contributed by atoms with Crippen molar-refractivity contribution in [3.05, 3.63) is 48.2 Å². The molecule has 104 valence electrons. The molecule has 2 heterocycles. The summed E-state index contributed by atoms with van der Waals surface area (Å²) in [6, 6.07) is 6.24. The zero-order chi connectivity index (χ0) is 14.4. The molecule has 0 spiro atoms. The van der Waals surface area contributed by atoms with E-state index >= 15 is 0 Å². The van der Waals surface area contributed by atoms with Crippen LogP contribution in [0.5, 0.6) is 0 Å². The van der Waals surface area contributed by atoms with Crippen molar-refractivity contribution in [1.29, 1.82) is 0 Å². The maximum atomic E-state index is 11.6. The van der Waals surface area contributed by atoms with E-state index in [1.54, 1.807) is 24.3 Å². The summed E-state index contributed by atoms with van der Waals surface area (Å²) in [7, 11) is 0. The molecule has 0 fully saturated rings. The topological polar surface area (TPSA) is 104 Å². The van der Waals surface area contributed by atoms with Crippen molar-refractivity contribution in [3.63, 3.8) is 0 Å². The minimum absolute atomic E-state index is 0.148. The average Bonchev–Trinajstić information content (AvgIpc) is 2.91. The van der Waals surface area contributed by atoms with E-state index in [1.807, 2.05) is 0 Å². The smallest absolute Gasteiger partial charge is 0.319 e. The van der Waals surface area contributed by atoms with Crippen LogP contribution in [0, 0.1) is 0 Å². The van der Waals surface area contributed by atoms with E-state index in [0.29, 0.717) is 17.1 Å². The van der Waals surface area contributed by atoms with Crippen LogP contribution >= 0.6 is 0 Å². The van der Waals surface area contributed by atoms with Crippen LogP contribution in [0.1, 0.15) is 11.5 Å². The SMILES string of the molecule is O=C(O)Cc1ccc(NC(=O)NCc2ccco2)cn1. The van der Waals surface area contributed by atoms with E-state index in [9.17, 15) is 9.59 Å². The molecule has 0 atom stereocenters. The first-order valence-corrected chi connectivity index (χ1v) is 5.87. The number of hydrogen-bond donors (Lipinski definition) is 3. The van der Waals surface area contributed by atoms with E-state index in [4.69, 9.17) is 9.52 Å². The van der Waals surface area contributed by atoms with Crippen molar-refractivity contribution < 1.29 is 19.1 Å². The third-order valence-corrected chi connectivity index (χ3v) is 2.42. The van der Waals surface area contributed by atoms with Crippen molar-refractivity contribution in [3.8, 4) is 0 Å². The quantitative estimate of drug-likeness (QED) is 0.769. The van der Waals surface area contributed by atoms with Gasteiger partial charge in [0.2, 0.25) is 0 Å². The molecule has 0 aliphatic rings. The van der Waals surface area contributed by atoms with Crippen LogP contribution in [0.15, 0.2) is 41.1 Å². The minimum Gasteiger partial charge on any atom is -0.481 e. The van der Waals surface area contributed by atoms with Crippen LogP contribution in [-0.2, 0) is 17.8 Å². The first-order chi connectivity index (χ1) is 9.63. The molecule has 0 unspecified atom stereocenters. The van der Waals surface area contributed by atoms with Crippen LogP contribution in [0.25, 0.3) is 0 Å². The van der Waals surface area contributed by atoms with Gasteiger partial charge >= 0.3 is 12.0 Å². The third-order valence-electron chi connectivity index (χ3n) is 2.42. The lowest BCUT2D eigenvalue weighted by Gasteiger charge is -2.06. The Morgan fingerprint density at radius 1 is 1.30 bits per heavy atom. The Morgan fingerprint density at radius 3 is 2.75 bits per heavy atom. The number of urea groups is 1. The molecule has 7 nitrogen and oxygen atoms in total. The Balaban J connectivity index is 1.83. The predicted molar refractivity (Wildman–Crippen MR) is 70.1 cm³/mol. The second-order valence-corrected chi connectivity index (χ2v) is 4.00. The van der Waals surface area contributed by atoms with Crippen LogP contribution in [0.4, 0.5) is 10.5 Å². The van der Waals surface area contributed by atoms with Crippen molar-refractivity contribution in [2.24, 2.45) is 0 Å². The molecule has 0 radical (unpaired) electrons. The van der Waals surface area contributed by atoms with E-state index in [2.05, 4.69) is 15.6 Å². The van der Waals surface area contributed by atoms with Crippen LogP contribution in [0.3, 0.4) is 0 Å². The van der Waals surface area contributed by atoms with E-state index in [-0.39, 0.29) is 13.0 Å². The van der Waals surface area contributed by atoms with Gasteiger partial charge in [0.1, 0.15) is 5.76 Å². The van der Waals surface area contributed by atoms with Gasteiger partial charge in [-0.15, -0.1) is 0 Å². The summed E-state index contributed by atoms with van der Waals surface area (Å²) in [5.41, 5.74) is 0.912. The van der Waals surface area contributed by atoms with Crippen LogP contribution in [0.2, 0.25) is 0 Å². The fourth-order valence-electron chi connectivity index (χ4n) is 1.51. The normalized spacial score (nSPS) is 10.0. The highest BCUT2D eigenvalue weighted by Gasteiger charge is 2.05. The molecule has 2 amide bonds. The number of anilines is 1. The van der Waals surface area contributed by atoms with Crippen molar-refractivity contribution in [1.82, 2.24) is 10.3 Å². The maximum absolute atomic E-state index is 11.6. The highest BCUT2D eigenvalue weighted by Crippen LogP contribution is 2.07. The van der Waals surface area contributed by atoms with Gasteiger partial charge in [0, 0.05) is 0 Å². The molecule has 0 aliphatic heterocycles. The standard InChI is InChI=1S/C13H13N3O4/c17-12(18)6-9-3-4-10(7-14-9)16-13(19)15-8-11-2-1-5-20-11/h1-5,7H,6,8H2,(H,17,18)(H2,15,16,19). The van der Waals surface area contributed by atoms with Gasteiger partial charge in [0.25, 0.3) is 0 Å². The monoisotopic (exact) mass is 275 g/mol. The number of carbonyl (C=O) groups excluding carboxylic acids is 1. The number of hydrogen-bond acceptors (Lipinski definition) is 4. The van der Waals surface area contributed by atoms with Gasteiger partial charge < -0.3 is 20.2 Å². The summed E-state index contributed by atoms with van der Waals surface area (Å²) in [4.78, 5) is 26.0. The second kappa shape index (κ2) is 6.37. The number of pyridine rings is 1. The predicted octanol–water partition coefficient (Wildman–Crippen LogP) is 1.62. The lowest BCUT2D eigenvalue weighted by Crippen LogP contribution is -2.28. The van der Waals surface area contributed by atoms with Gasteiger partial charge in [0.15, 0.2) is 0 Å². The fraction of sp³-hybridized carbons (Fsp3) is 0.154. The number of carbonyl (C=O) groups is 2. The van der Waals surface area contributed by atoms with Crippen LogP contribution in [-0.4, -0.2) is 22.1 Å². The zero-order valence-electron chi connectivity index (χ0n) is 10.5. The van der Waals surface area contributed by atoms with Gasteiger partial charge in [-0.2, -0.15) is 0 Å². The molecule has 2 aromatic rings. The number of aromatic nitrogens is 1. The summed E-state index contributed by atoms with van der Waals surface area (Å²) in [6.07, 6.45) is 2.79. The average molecular weight is 275 g/mol. The molecule has 2 aromatic heterocycles. The number of nitrogens with one attached hydrogen (secondary N) is 2. The lowest BCUT2D eigenvalue weighted by molar-refractivity contribution is -0.136. The first-order valence-electron chi connectivity index (χ1n) is 5.87. The summed E-state index contributed by atoms with van der Waals surface area (Å²) in [6.45, 7) is 0.281. The van der Waals surface area contributed by atoms with E-state index in [1.165, 1.54) is 12.5 Å². The molecule has 0 saturated heterocycles. The van der Waals surface area contributed by atoms with Gasteiger partial charge in [-0.05, 0) is 24.3 Å². The molecule has 20 heavy (non-hydrogen) atoms. The Kier molecular flexibility index (Phi) is 4.33. The summed E-state index contributed by atoms with van der Waals surface area (Å²) < 4.78 is 5.08. The highest BCUT2D eigenvalue weighted by molar-refractivity contribution is 5.88. The fourth-order valence-corrected chi connectivity index (χ4v) is 1.51. The molecule has 7 heteroatoms. The summed E-state index contributed by atoms with van der Waals surface area (Å²) >= 11 is 0. The molecule has 0 aliphatic carbocycles. The Morgan fingerprint density at radius 2 is 2.15 bits per heavy atom. The number of amides is 2. The molecule has 2 rings (SSSR count). The summed E-state index contributed by atoms with van der Waals surface area (Å²) in [5, 5.41) is 13.8. The molecular weight excluding hydrogens is 262 g/mol. The number of nitrogens with zero attached hydrogens (tertiary/aromatic N) is 1. The number of rotatable bonds is 5. The second-order valence-electron chi connectivity index (χ2n) is 4.00. The Bertz CT molecular complexity index is 578. The maximum Gasteiger partial charge on any atom is 0.319 e. The van der Waals surface area contributed by atoms with Crippen molar-refractivity contribution in [2.75, 3.05) is 5.32 Å². The Labute approximate surface area is 114 Å². The van der Waals surface area contributed by atoms with Gasteiger partial charge in [0.05, 0.1) is 36.8 Å². The Hall–Kier alpha value is -2.83. The molecule has 0 saturated carbocycles. The lowest BCUT2D eigenvalue weighted by atomic mass is 10.2. The summed E-state index contributed by atoms with van der Waals surface area (Å²) in [5.74, 6) is -0.301. The first kappa shape index (κ1) is 13.6.